The van der Waals surface area contributed by atoms with Gasteiger partial charge >= 0.3 is 0 Å². The van der Waals surface area contributed by atoms with E-state index < -0.39 is 5.54 Å². The number of ether oxygens (including phenoxy) is 1. The Morgan fingerprint density at radius 2 is 2.05 bits per heavy atom. The maximum Gasteiger partial charge on any atom is 0.237 e. The van der Waals surface area contributed by atoms with Gasteiger partial charge in [-0.3, -0.25) is 9.69 Å². The third-order valence-corrected chi connectivity index (χ3v) is 4.61. The summed E-state index contributed by atoms with van der Waals surface area (Å²) in [5.41, 5.74) is 5.15. The molecule has 5 heteroatoms. The number of morpholine rings is 1. The van der Waals surface area contributed by atoms with Crippen LogP contribution in [0.3, 0.4) is 0 Å². The molecule has 0 radical (unpaired) electrons. The van der Waals surface area contributed by atoms with Gasteiger partial charge in [0.25, 0.3) is 0 Å². The van der Waals surface area contributed by atoms with Crippen LogP contribution in [0.4, 0.5) is 0 Å². The Balaban J connectivity index is 1.96. The molecule has 1 amide bonds. The summed E-state index contributed by atoms with van der Waals surface area (Å²) in [5, 5.41) is 3.37. The van der Waals surface area contributed by atoms with Gasteiger partial charge in [-0.15, -0.1) is 0 Å². The molecular weight excluding hydrogens is 242 g/mol. The van der Waals surface area contributed by atoms with Crippen molar-refractivity contribution in [1.29, 1.82) is 0 Å². The molecule has 0 aromatic carbocycles. The topological polar surface area (TPSA) is 67.6 Å². The lowest BCUT2D eigenvalue weighted by atomic mass is 9.84. The van der Waals surface area contributed by atoms with Crippen LogP contribution in [0.25, 0.3) is 0 Å². The highest BCUT2D eigenvalue weighted by molar-refractivity contribution is 5.84. The van der Waals surface area contributed by atoms with Gasteiger partial charge in [0.05, 0.1) is 18.8 Å². The number of hydrogen-bond acceptors (Lipinski definition) is 4. The second-order valence-corrected chi connectivity index (χ2v) is 6.05. The molecule has 3 atom stereocenters. The molecule has 2 heterocycles. The summed E-state index contributed by atoms with van der Waals surface area (Å²) < 4.78 is 5.54. The molecule has 2 rings (SSSR count). The summed E-state index contributed by atoms with van der Waals surface area (Å²) >= 11 is 0. The summed E-state index contributed by atoms with van der Waals surface area (Å²) in [7, 11) is 0. The molecule has 0 saturated carbocycles. The Morgan fingerprint density at radius 1 is 1.37 bits per heavy atom. The maximum absolute atomic E-state index is 11.8. The fourth-order valence-electron chi connectivity index (χ4n) is 3.31. The second kappa shape index (κ2) is 6.20. The van der Waals surface area contributed by atoms with E-state index in [1.54, 1.807) is 0 Å². The fraction of sp³-hybridized carbons (Fsp3) is 0.929. The minimum Gasteiger partial charge on any atom is -0.378 e. The first kappa shape index (κ1) is 14.8. The molecule has 0 aromatic rings. The van der Waals surface area contributed by atoms with Gasteiger partial charge in [-0.1, -0.05) is 0 Å². The molecular formula is C14H27N3O2. The van der Waals surface area contributed by atoms with Crippen LogP contribution in [0.5, 0.6) is 0 Å². The Morgan fingerprint density at radius 3 is 2.58 bits per heavy atom. The molecule has 2 fully saturated rings. The first-order chi connectivity index (χ1) is 9.05. The standard InChI is InChI=1S/C14H27N3O2/c1-11-9-19-10-12(2)17(11)8-6-14(13(15)18)5-3-4-7-16-14/h11-12,16H,3-10H2,1-2H3,(H2,15,18). The molecule has 0 aliphatic carbocycles. The third-order valence-electron chi connectivity index (χ3n) is 4.61. The number of amides is 1. The van der Waals surface area contributed by atoms with Crippen LogP contribution in [0, 0.1) is 0 Å². The van der Waals surface area contributed by atoms with Crippen LogP contribution >= 0.6 is 0 Å². The van der Waals surface area contributed by atoms with Gasteiger partial charge in [0.15, 0.2) is 0 Å². The van der Waals surface area contributed by atoms with E-state index in [1.165, 1.54) is 0 Å². The van der Waals surface area contributed by atoms with Gasteiger partial charge in [-0.25, -0.2) is 0 Å². The summed E-state index contributed by atoms with van der Waals surface area (Å²) in [6.45, 7) is 7.73. The van der Waals surface area contributed by atoms with Crippen LogP contribution in [0.1, 0.15) is 39.5 Å². The van der Waals surface area contributed by atoms with Crippen molar-refractivity contribution in [2.24, 2.45) is 5.73 Å². The normalized spacial score (nSPS) is 37.2. The van der Waals surface area contributed by atoms with Crippen molar-refractivity contribution >= 4 is 5.91 Å². The number of primary amides is 1. The Hall–Kier alpha value is -0.650. The molecule has 3 unspecified atom stereocenters. The number of nitrogens with one attached hydrogen (secondary N) is 1. The first-order valence-corrected chi connectivity index (χ1v) is 7.43. The molecule has 110 valence electrons. The lowest BCUT2D eigenvalue weighted by Gasteiger charge is -2.42. The van der Waals surface area contributed by atoms with Crippen molar-refractivity contribution in [3.63, 3.8) is 0 Å². The number of piperidine rings is 1. The fourth-order valence-corrected chi connectivity index (χ4v) is 3.31. The lowest BCUT2D eigenvalue weighted by molar-refractivity contribution is -0.126. The summed E-state index contributed by atoms with van der Waals surface area (Å²) in [6, 6.07) is 0.828. The highest BCUT2D eigenvalue weighted by Crippen LogP contribution is 2.24. The molecule has 0 aromatic heterocycles. The van der Waals surface area contributed by atoms with Crippen molar-refractivity contribution in [1.82, 2.24) is 10.2 Å². The number of carbonyl (C=O) groups excluding carboxylic acids is 1. The predicted molar refractivity (Wildman–Crippen MR) is 74.8 cm³/mol. The molecule has 19 heavy (non-hydrogen) atoms. The number of nitrogens with two attached hydrogens (primary N) is 1. The number of nitrogens with zero attached hydrogens (tertiary/aromatic N) is 1. The van der Waals surface area contributed by atoms with Crippen LogP contribution in [0.15, 0.2) is 0 Å². The average molecular weight is 269 g/mol. The van der Waals surface area contributed by atoms with E-state index in [2.05, 4.69) is 24.1 Å². The van der Waals surface area contributed by atoms with Crippen molar-refractivity contribution < 1.29 is 9.53 Å². The van der Waals surface area contributed by atoms with Crippen molar-refractivity contribution in [3.05, 3.63) is 0 Å². The number of carbonyl (C=O) groups is 1. The molecule has 2 saturated heterocycles. The van der Waals surface area contributed by atoms with Crippen molar-refractivity contribution in [2.45, 2.75) is 57.2 Å². The van der Waals surface area contributed by atoms with Crippen molar-refractivity contribution in [2.75, 3.05) is 26.3 Å². The van der Waals surface area contributed by atoms with E-state index in [4.69, 9.17) is 10.5 Å². The van der Waals surface area contributed by atoms with E-state index in [0.717, 1.165) is 52.0 Å². The minimum atomic E-state index is -0.490. The monoisotopic (exact) mass is 269 g/mol. The first-order valence-electron chi connectivity index (χ1n) is 7.43. The van der Waals surface area contributed by atoms with Gasteiger partial charge in [-0.2, -0.15) is 0 Å². The van der Waals surface area contributed by atoms with Crippen LogP contribution in [0.2, 0.25) is 0 Å². The Kier molecular flexibility index (Phi) is 4.81. The minimum absolute atomic E-state index is 0.194. The van der Waals surface area contributed by atoms with E-state index in [1.807, 2.05) is 0 Å². The van der Waals surface area contributed by atoms with E-state index in [0.29, 0.717) is 12.1 Å². The summed E-state index contributed by atoms with van der Waals surface area (Å²) in [6.07, 6.45) is 3.90. The second-order valence-electron chi connectivity index (χ2n) is 6.05. The lowest BCUT2D eigenvalue weighted by Crippen LogP contribution is -2.60. The zero-order valence-electron chi connectivity index (χ0n) is 12.2. The molecule has 3 N–H and O–H groups in total. The maximum atomic E-state index is 11.8. The van der Waals surface area contributed by atoms with Gasteiger partial charge in [0.2, 0.25) is 5.91 Å². The zero-order valence-corrected chi connectivity index (χ0v) is 12.2. The van der Waals surface area contributed by atoms with Crippen LogP contribution < -0.4 is 11.1 Å². The van der Waals surface area contributed by atoms with Gasteiger partial charge in [0, 0.05) is 18.6 Å². The summed E-state index contributed by atoms with van der Waals surface area (Å²) in [5.74, 6) is -0.194. The van der Waals surface area contributed by atoms with Crippen molar-refractivity contribution in [3.8, 4) is 0 Å². The van der Waals surface area contributed by atoms with Gasteiger partial charge in [0.1, 0.15) is 0 Å². The van der Waals surface area contributed by atoms with E-state index in [-0.39, 0.29) is 5.91 Å². The third kappa shape index (κ3) is 3.27. The Bertz CT molecular complexity index is 306. The quantitative estimate of drug-likeness (QED) is 0.779. The molecule has 0 bridgehead atoms. The summed E-state index contributed by atoms with van der Waals surface area (Å²) in [4.78, 5) is 14.3. The predicted octanol–water partition coefficient (Wildman–Crippen LogP) is 0.483. The number of rotatable bonds is 4. The molecule has 5 nitrogen and oxygen atoms in total. The number of hydrogen-bond donors (Lipinski definition) is 2. The van der Waals surface area contributed by atoms with Crippen LogP contribution in [-0.2, 0) is 9.53 Å². The van der Waals surface area contributed by atoms with Gasteiger partial charge in [-0.05, 0) is 46.1 Å². The van der Waals surface area contributed by atoms with Gasteiger partial charge < -0.3 is 15.8 Å². The van der Waals surface area contributed by atoms with E-state index >= 15 is 0 Å². The largest absolute Gasteiger partial charge is 0.378 e. The highest BCUT2D eigenvalue weighted by Gasteiger charge is 2.38. The Labute approximate surface area is 115 Å². The molecule has 2 aliphatic rings. The zero-order chi connectivity index (χ0) is 13.9. The molecule has 0 spiro atoms. The SMILES string of the molecule is CC1COCC(C)N1CCC1(C(N)=O)CCCCN1. The highest BCUT2D eigenvalue weighted by atomic mass is 16.5. The smallest absolute Gasteiger partial charge is 0.237 e. The average Bonchev–Trinajstić information content (AvgIpc) is 2.39. The van der Waals surface area contributed by atoms with Crippen LogP contribution in [-0.4, -0.2) is 54.7 Å². The van der Waals surface area contributed by atoms with E-state index in [9.17, 15) is 4.79 Å². The molecule has 2 aliphatic heterocycles.